The molecule has 1 aliphatic carbocycles. The van der Waals surface area contributed by atoms with Gasteiger partial charge in [-0.3, -0.25) is 9.59 Å². The molecule has 2 amide bonds. The molecule has 1 atom stereocenters. The van der Waals surface area contributed by atoms with Gasteiger partial charge in [0.2, 0.25) is 11.8 Å². The van der Waals surface area contributed by atoms with E-state index in [1.807, 2.05) is 61.5 Å². The lowest BCUT2D eigenvalue weighted by Crippen LogP contribution is -2.53. The van der Waals surface area contributed by atoms with Gasteiger partial charge in [0.25, 0.3) is 0 Å². The van der Waals surface area contributed by atoms with Crippen molar-refractivity contribution >= 4 is 23.4 Å². The molecule has 0 saturated heterocycles. The molecular weight excluding hydrogens is 487 g/mol. The summed E-state index contributed by atoms with van der Waals surface area (Å²) in [5, 5.41) is 3.43. The first-order valence-corrected chi connectivity index (χ1v) is 13.4. The zero-order chi connectivity index (χ0) is 26.2. The summed E-state index contributed by atoms with van der Waals surface area (Å²) < 4.78 is 14.6. The van der Waals surface area contributed by atoms with Crippen molar-refractivity contribution in [1.82, 2.24) is 10.2 Å². The minimum Gasteiger partial charge on any atom is -0.352 e. The second-order valence-electron chi connectivity index (χ2n) is 9.94. The summed E-state index contributed by atoms with van der Waals surface area (Å²) in [5.74, 6) is -1.03. The standard InChI is InChI=1S/C31H34ClFN2O2/c1-22-10-8-13-24(18-22)21-35(30(36)20-26-27(32)16-9-17-28(26)33)29(19-23-11-4-2-5-12-23)31(37)34-25-14-6-3-7-15-25/h2,4-5,8-13,16-18,25,29H,3,6-7,14-15,19-21H2,1H3,(H,34,37). The fourth-order valence-electron chi connectivity index (χ4n) is 5.06. The highest BCUT2D eigenvalue weighted by Gasteiger charge is 2.32. The number of amides is 2. The molecule has 194 valence electrons. The lowest BCUT2D eigenvalue weighted by atomic mass is 9.94. The molecule has 3 aromatic carbocycles. The Morgan fingerprint density at radius 2 is 1.68 bits per heavy atom. The first-order valence-electron chi connectivity index (χ1n) is 13.0. The molecule has 1 saturated carbocycles. The molecule has 4 nitrogen and oxygen atoms in total. The molecule has 1 fully saturated rings. The van der Waals surface area contributed by atoms with Crippen LogP contribution in [0.2, 0.25) is 5.02 Å². The maximum atomic E-state index is 14.6. The average Bonchev–Trinajstić information content (AvgIpc) is 2.89. The maximum Gasteiger partial charge on any atom is 0.243 e. The van der Waals surface area contributed by atoms with E-state index in [1.54, 1.807) is 11.0 Å². The first-order chi connectivity index (χ1) is 17.9. The molecule has 0 radical (unpaired) electrons. The van der Waals surface area contributed by atoms with Crippen molar-refractivity contribution in [3.8, 4) is 0 Å². The number of nitrogens with zero attached hydrogens (tertiary/aromatic N) is 1. The summed E-state index contributed by atoms with van der Waals surface area (Å²) in [6, 6.07) is 21.4. The average molecular weight is 521 g/mol. The van der Waals surface area contributed by atoms with E-state index < -0.39 is 11.9 Å². The van der Waals surface area contributed by atoms with E-state index in [0.717, 1.165) is 42.4 Å². The molecule has 0 aliphatic heterocycles. The van der Waals surface area contributed by atoms with Gasteiger partial charge in [-0.05, 0) is 43.0 Å². The van der Waals surface area contributed by atoms with Gasteiger partial charge in [-0.15, -0.1) is 0 Å². The van der Waals surface area contributed by atoms with E-state index in [1.165, 1.54) is 18.6 Å². The summed E-state index contributed by atoms with van der Waals surface area (Å²) in [7, 11) is 0. The lowest BCUT2D eigenvalue weighted by molar-refractivity contribution is -0.141. The fourth-order valence-corrected chi connectivity index (χ4v) is 5.29. The topological polar surface area (TPSA) is 49.4 Å². The van der Waals surface area contributed by atoms with Crippen molar-refractivity contribution in [2.75, 3.05) is 0 Å². The van der Waals surface area contributed by atoms with E-state index in [2.05, 4.69) is 5.32 Å². The van der Waals surface area contributed by atoms with Gasteiger partial charge in [0.1, 0.15) is 11.9 Å². The molecule has 37 heavy (non-hydrogen) atoms. The number of aryl methyl sites for hydroxylation is 1. The third kappa shape index (κ3) is 7.42. The van der Waals surface area contributed by atoms with Crippen LogP contribution in [-0.2, 0) is 29.0 Å². The summed E-state index contributed by atoms with van der Waals surface area (Å²) in [5.41, 5.74) is 3.08. The van der Waals surface area contributed by atoms with Crippen LogP contribution in [-0.4, -0.2) is 28.8 Å². The zero-order valence-corrected chi connectivity index (χ0v) is 22.0. The molecule has 1 unspecified atom stereocenters. The van der Waals surface area contributed by atoms with Crippen molar-refractivity contribution in [2.45, 2.75) is 70.5 Å². The van der Waals surface area contributed by atoms with Crippen LogP contribution in [0.4, 0.5) is 4.39 Å². The van der Waals surface area contributed by atoms with Crippen LogP contribution in [0.5, 0.6) is 0 Å². The Labute approximate surface area is 223 Å². The van der Waals surface area contributed by atoms with Gasteiger partial charge in [0, 0.05) is 29.6 Å². The summed E-state index contributed by atoms with van der Waals surface area (Å²) >= 11 is 6.27. The van der Waals surface area contributed by atoms with E-state index >= 15 is 0 Å². The van der Waals surface area contributed by atoms with Crippen molar-refractivity contribution in [3.63, 3.8) is 0 Å². The predicted octanol–water partition coefficient (Wildman–Crippen LogP) is 6.42. The van der Waals surface area contributed by atoms with Gasteiger partial charge in [-0.1, -0.05) is 97.1 Å². The smallest absolute Gasteiger partial charge is 0.243 e. The van der Waals surface area contributed by atoms with Crippen molar-refractivity contribution in [3.05, 3.63) is 106 Å². The molecule has 0 heterocycles. The van der Waals surface area contributed by atoms with Gasteiger partial charge in [0.15, 0.2) is 0 Å². The molecule has 0 bridgehead atoms. The quantitative estimate of drug-likeness (QED) is 0.354. The number of benzene rings is 3. The number of carbonyl (C=O) groups is 2. The Morgan fingerprint density at radius 3 is 2.38 bits per heavy atom. The molecule has 4 rings (SSSR count). The summed E-state index contributed by atoms with van der Waals surface area (Å²) in [6.45, 7) is 2.23. The number of hydrogen-bond acceptors (Lipinski definition) is 2. The highest BCUT2D eigenvalue weighted by atomic mass is 35.5. The summed E-state index contributed by atoms with van der Waals surface area (Å²) in [4.78, 5) is 29.3. The van der Waals surface area contributed by atoms with Gasteiger partial charge >= 0.3 is 0 Å². The highest BCUT2D eigenvalue weighted by Crippen LogP contribution is 2.23. The van der Waals surface area contributed by atoms with Crippen molar-refractivity contribution in [2.24, 2.45) is 0 Å². The lowest BCUT2D eigenvalue weighted by Gasteiger charge is -2.33. The van der Waals surface area contributed by atoms with Gasteiger partial charge in [-0.25, -0.2) is 4.39 Å². The Balaban J connectivity index is 1.68. The fraction of sp³-hybridized carbons (Fsp3) is 0.355. The van der Waals surface area contributed by atoms with Gasteiger partial charge < -0.3 is 10.2 Å². The van der Waals surface area contributed by atoms with Crippen LogP contribution in [0.25, 0.3) is 0 Å². The number of halogens is 2. The van der Waals surface area contributed by atoms with Crippen LogP contribution in [0.15, 0.2) is 72.8 Å². The molecule has 1 N–H and O–H groups in total. The third-order valence-electron chi connectivity index (χ3n) is 7.05. The minimum absolute atomic E-state index is 0.108. The maximum absolute atomic E-state index is 14.6. The Hall–Kier alpha value is -3.18. The van der Waals surface area contributed by atoms with E-state index in [-0.39, 0.29) is 41.4 Å². The first kappa shape index (κ1) is 26.9. The van der Waals surface area contributed by atoms with E-state index in [9.17, 15) is 14.0 Å². The summed E-state index contributed by atoms with van der Waals surface area (Å²) in [6.07, 6.45) is 5.39. The van der Waals surface area contributed by atoms with Crippen molar-refractivity contribution in [1.29, 1.82) is 0 Å². The molecule has 6 heteroatoms. The molecule has 1 aliphatic rings. The van der Waals surface area contributed by atoms with E-state index in [0.29, 0.717) is 6.42 Å². The normalized spacial score (nSPS) is 14.7. The van der Waals surface area contributed by atoms with Crippen LogP contribution >= 0.6 is 11.6 Å². The Bertz CT molecular complexity index is 1190. The molecule has 0 aromatic heterocycles. The third-order valence-corrected chi connectivity index (χ3v) is 7.40. The van der Waals surface area contributed by atoms with Gasteiger partial charge in [0.05, 0.1) is 6.42 Å². The largest absolute Gasteiger partial charge is 0.352 e. The number of carbonyl (C=O) groups excluding carboxylic acids is 2. The monoisotopic (exact) mass is 520 g/mol. The van der Waals surface area contributed by atoms with Crippen LogP contribution in [0, 0.1) is 12.7 Å². The zero-order valence-electron chi connectivity index (χ0n) is 21.3. The minimum atomic E-state index is -0.747. The van der Waals surface area contributed by atoms with E-state index in [4.69, 9.17) is 11.6 Å². The van der Waals surface area contributed by atoms with Crippen LogP contribution in [0.1, 0.15) is 54.4 Å². The van der Waals surface area contributed by atoms with Crippen LogP contribution < -0.4 is 5.32 Å². The molecular formula is C31H34ClFN2O2. The SMILES string of the molecule is Cc1cccc(CN(C(=O)Cc2c(F)cccc2Cl)C(Cc2ccccc2)C(=O)NC2CCCCC2)c1. The number of rotatable bonds is 9. The second-order valence-corrected chi connectivity index (χ2v) is 10.3. The predicted molar refractivity (Wildman–Crippen MR) is 146 cm³/mol. The number of hydrogen-bond donors (Lipinski definition) is 1. The van der Waals surface area contributed by atoms with Gasteiger partial charge in [-0.2, -0.15) is 0 Å². The Morgan fingerprint density at radius 1 is 0.973 bits per heavy atom. The highest BCUT2D eigenvalue weighted by molar-refractivity contribution is 6.31. The van der Waals surface area contributed by atoms with Crippen molar-refractivity contribution < 1.29 is 14.0 Å². The van der Waals surface area contributed by atoms with Crippen LogP contribution in [0.3, 0.4) is 0 Å². The second kappa shape index (κ2) is 12.9. The Kier molecular flexibility index (Phi) is 9.34. The molecule has 3 aromatic rings. The number of nitrogens with one attached hydrogen (secondary N) is 1. The molecule has 0 spiro atoms.